The average Bonchev–Trinajstić information content (AvgIpc) is 3.49. The third-order valence-corrected chi connectivity index (χ3v) is 6.02. The molecule has 4 aromatic rings. The van der Waals surface area contributed by atoms with Crippen molar-refractivity contribution in [3.05, 3.63) is 107 Å². The van der Waals surface area contributed by atoms with E-state index in [1.165, 1.54) is 0 Å². The molecule has 2 amide bonds. The van der Waals surface area contributed by atoms with Gasteiger partial charge in [-0.05, 0) is 91.7 Å². The summed E-state index contributed by atoms with van der Waals surface area (Å²) in [5, 5.41) is 12.1. The minimum absolute atomic E-state index is 0.160. The van der Waals surface area contributed by atoms with Crippen molar-refractivity contribution >= 4 is 34.7 Å². The largest absolute Gasteiger partial charge is 0.372 e. The lowest BCUT2D eigenvalue weighted by atomic mass is 10.0. The van der Waals surface area contributed by atoms with Crippen molar-refractivity contribution in [1.29, 1.82) is 0 Å². The highest BCUT2D eigenvalue weighted by Gasteiger charge is 2.13. The minimum atomic E-state index is -0.339. The molecule has 0 aliphatic heterocycles. The molecule has 3 N–H and O–H groups in total. The molecule has 0 saturated heterocycles. The molecule has 0 saturated carbocycles. The number of nitrogens with zero attached hydrogens (tertiary/aromatic N) is 2. The molecule has 4 rings (SSSR count). The van der Waals surface area contributed by atoms with Gasteiger partial charge in [-0.2, -0.15) is 5.10 Å². The van der Waals surface area contributed by atoms with E-state index in [4.69, 9.17) is 0 Å². The molecule has 1 aromatic heterocycles. The number of carbonyl (C=O) groups excluding carboxylic acids is 3. The predicted octanol–water partition coefficient (Wildman–Crippen LogP) is 5.77. The number of aromatic amines is 1. The fraction of sp³-hybridized carbons (Fsp3) is 0.200. The third-order valence-electron chi connectivity index (χ3n) is 6.02. The smallest absolute Gasteiger partial charge is 0.276 e. The van der Waals surface area contributed by atoms with Crippen molar-refractivity contribution in [1.82, 2.24) is 10.2 Å². The van der Waals surface area contributed by atoms with Crippen LogP contribution < -0.4 is 15.5 Å². The Kier molecular flexibility index (Phi) is 8.66. The number of H-pyrrole nitrogens is 1. The molecule has 8 nitrogen and oxygen atoms in total. The van der Waals surface area contributed by atoms with E-state index in [0.29, 0.717) is 28.1 Å². The van der Waals surface area contributed by atoms with Crippen molar-refractivity contribution in [3.63, 3.8) is 0 Å². The zero-order chi connectivity index (χ0) is 26.9. The lowest BCUT2D eigenvalue weighted by molar-refractivity contribution is 0.101. The van der Waals surface area contributed by atoms with Crippen molar-refractivity contribution in [3.8, 4) is 0 Å². The maximum absolute atomic E-state index is 12.9. The second-order valence-corrected chi connectivity index (χ2v) is 8.89. The second-order valence-electron chi connectivity index (χ2n) is 8.89. The standard InChI is InChI=1S/C30H31N5O3/c1-3-19-35(20-4-2)26-15-9-23(10-16-26)29(37)32-24-11-5-21(6-12-24)28(36)22-7-13-25(14-8-22)33-30(38)27-17-18-31-34-27/h5-18H,3-4,19-20H2,1-2H3,(H,31,34)(H,32,37)(H,33,38). The average molecular weight is 510 g/mol. The Balaban J connectivity index is 1.35. The molecule has 0 atom stereocenters. The van der Waals surface area contributed by atoms with Crippen molar-refractivity contribution in [2.45, 2.75) is 26.7 Å². The molecule has 38 heavy (non-hydrogen) atoms. The quantitative estimate of drug-likeness (QED) is 0.223. The van der Waals surface area contributed by atoms with E-state index < -0.39 is 0 Å². The van der Waals surface area contributed by atoms with Gasteiger partial charge in [-0.1, -0.05) is 13.8 Å². The van der Waals surface area contributed by atoms with Gasteiger partial charge in [0.1, 0.15) is 5.69 Å². The number of nitrogens with one attached hydrogen (secondary N) is 3. The van der Waals surface area contributed by atoms with Gasteiger partial charge in [0.2, 0.25) is 0 Å². The Hall–Kier alpha value is -4.72. The molecule has 0 spiro atoms. The Morgan fingerprint density at radius 1 is 0.684 bits per heavy atom. The SMILES string of the molecule is CCCN(CCC)c1ccc(C(=O)Nc2ccc(C(=O)c3ccc(NC(=O)c4cc[nH]n4)cc3)cc2)cc1. The van der Waals surface area contributed by atoms with Crippen molar-refractivity contribution in [2.24, 2.45) is 0 Å². The summed E-state index contributed by atoms with van der Waals surface area (Å²) in [4.78, 5) is 40.1. The molecule has 1 heterocycles. The summed E-state index contributed by atoms with van der Waals surface area (Å²) >= 11 is 0. The maximum atomic E-state index is 12.9. The number of aromatic nitrogens is 2. The Morgan fingerprint density at radius 3 is 1.66 bits per heavy atom. The first-order valence-corrected chi connectivity index (χ1v) is 12.7. The fourth-order valence-corrected chi connectivity index (χ4v) is 4.10. The number of ketones is 1. The van der Waals surface area contributed by atoms with Crippen LogP contribution in [-0.4, -0.2) is 40.9 Å². The molecular formula is C30H31N5O3. The molecule has 0 aliphatic rings. The summed E-state index contributed by atoms with van der Waals surface area (Å²) < 4.78 is 0. The predicted molar refractivity (Wildman–Crippen MR) is 150 cm³/mol. The first-order valence-electron chi connectivity index (χ1n) is 12.7. The van der Waals surface area contributed by atoms with Crippen LogP contribution in [0.25, 0.3) is 0 Å². The van der Waals surface area contributed by atoms with E-state index in [1.54, 1.807) is 60.8 Å². The van der Waals surface area contributed by atoms with E-state index in [9.17, 15) is 14.4 Å². The Morgan fingerprint density at radius 2 is 1.18 bits per heavy atom. The van der Waals surface area contributed by atoms with Gasteiger partial charge in [0.05, 0.1) is 0 Å². The summed E-state index contributed by atoms with van der Waals surface area (Å²) in [5.41, 5.74) is 4.10. The normalized spacial score (nSPS) is 10.6. The molecule has 0 unspecified atom stereocenters. The Bertz CT molecular complexity index is 1360. The highest BCUT2D eigenvalue weighted by molar-refractivity contribution is 6.10. The fourth-order valence-electron chi connectivity index (χ4n) is 4.10. The second kappa shape index (κ2) is 12.5. The van der Waals surface area contributed by atoms with Gasteiger partial charge >= 0.3 is 0 Å². The summed E-state index contributed by atoms with van der Waals surface area (Å²) in [6, 6.07) is 22.6. The van der Waals surface area contributed by atoms with E-state index in [0.717, 1.165) is 31.6 Å². The van der Waals surface area contributed by atoms with Crippen LogP contribution in [0.2, 0.25) is 0 Å². The van der Waals surface area contributed by atoms with Crippen molar-refractivity contribution < 1.29 is 14.4 Å². The molecular weight excluding hydrogens is 478 g/mol. The van der Waals surface area contributed by atoms with Gasteiger partial charge in [-0.15, -0.1) is 0 Å². The summed E-state index contributed by atoms with van der Waals surface area (Å²) in [6.45, 7) is 6.28. The number of amides is 2. The maximum Gasteiger partial charge on any atom is 0.276 e. The number of hydrogen-bond acceptors (Lipinski definition) is 5. The molecule has 0 fully saturated rings. The first kappa shape index (κ1) is 26.3. The zero-order valence-corrected chi connectivity index (χ0v) is 21.5. The van der Waals surface area contributed by atoms with Gasteiger partial charge < -0.3 is 15.5 Å². The van der Waals surface area contributed by atoms with Gasteiger partial charge in [0.25, 0.3) is 11.8 Å². The van der Waals surface area contributed by atoms with Crippen LogP contribution >= 0.6 is 0 Å². The van der Waals surface area contributed by atoms with E-state index >= 15 is 0 Å². The minimum Gasteiger partial charge on any atom is -0.372 e. The lowest BCUT2D eigenvalue weighted by Crippen LogP contribution is -2.24. The van der Waals surface area contributed by atoms with Gasteiger partial charge in [0, 0.05) is 53.0 Å². The number of rotatable bonds is 11. The highest BCUT2D eigenvalue weighted by Crippen LogP contribution is 2.19. The topological polar surface area (TPSA) is 107 Å². The van der Waals surface area contributed by atoms with Crippen LogP contribution in [0, 0.1) is 0 Å². The Labute approximate surface area is 222 Å². The third kappa shape index (κ3) is 6.53. The van der Waals surface area contributed by atoms with Crippen LogP contribution in [0.1, 0.15) is 63.5 Å². The number of carbonyl (C=O) groups is 3. The zero-order valence-electron chi connectivity index (χ0n) is 21.5. The van der Waals surface area contributed by atoms with Crippen LogP contribution in [0.5, 0.6) is 0 Å². The van der Waals surface area contributed by atoms with Crippen LogP contribution in [0.15, 0.2) is 85.1 Å². The molecule has 3 aromatic carbocycles. The molecule has 0 aliphatic carbocycles. The monoisotopic (exact) mass is 509 g/mol. The summed E-state index contributed by atoms with van der Waals surface area (Å²) in [7, 11) is 0. The number of anilines is 3. The highest BCUT2D eigenvalue weighted by atomic mass is 16.2. The van der Waals surface area contributed by atoms with E-state index in [2.05, 4.69) is 39.6 Å². The van der Waals surface area contributed by atoms with E-state index in [1.807, 2.05) is 24.3 Å². The van der Waals surface area contributed by atoms with Gasteiger partial charge in [-0.25, -0.2) is 0 Å². The van der Waals surface area contributed by atoms with Crippen LogP contribution in [-0.2, 0) is 0 Å². The summed E-state index contributed by atoms with van der Waals surface area (Å²) in [5.74, 6) is -0.707. The summed E-state index contributed by atoms with van der Waals surface area (Å²) in [6.07, 6.45) is 3.70. The molecule has 8 heteroatoms. The lowest BCUT2D eigenvalue weighted by Gasteiger charge is -2.23. The van der Waals surface area contributed by atoms with Crippen molar-refractivity contribution in [2.75, 3.05) is 28.6 Å². The number of hydrogen-bond donors (Lipinski definition) is 3. The molecule has 0 radical (unpaired) electrons. The molecule has 0 bridgehead atoms. The van der Waals surface area contributed by atoms with E-state index in [-0.39, 0.29) is 23.3 Å². The first-order chi connectivity index (χ1) is 18.5. The van der Waals surface area contributed by atoms with Gasteiger partial charge in [0.15, 0.2) is 5.78 Å². The number of benzene rings is 3. The van der Waals surface area contributed by atoms with Crippen LogP contribution in [0.3, 0.4) is 0 Å². The van der Waals surface area contributed by atoms with Crippen LogP contribution in [0.4, 0.5) is 17.1 Å². The molecule has 194 valence electrons. The van der Waals surface area contributed by atoms with Gasteiger partial charge in [-0.3, -0.25) is 19.5 Å².